The third-order valence-electron chi connectivity index (χ3n) is 5.98. The molecule has 188 valence electrons. The van der Waals surface area contributed by atoms with Crippen LogP contribution in [0.4, 0.5) is 5.69 Å². The number of para-hydroxylation sites is 3. The van der Waals surface area contributed by atoms with Crippen LogP contribution in [0.25, 0.3) is 0 Å². The lowest BCUT2D eigenvalue weighted by Crippen LogP contribution is -2.40. The van der Waals surface area contributed by atoms with E-state index in [0.717, 1.165) is 5.56 Å². The van der Waals surface area contributed by atoms with Crippen molar-refractivity contribution in [2.75, 3.05) is 17.5 Å². The highest BCUT2D eigenvalue weighted by molar-refractivity contribution is 7.92. The number of hydrogen-bond donors (Lipinski definition) is 1. The monoisotopic (exact) mass is 514 g/mol. The van der Waals surface area contributed by atoms with Gasteiger partial charge in [0.05, 0.1) is 23.7 Å². The number of anilines is 1. The fraction of sp³-hybridized carbons (Fsp3) is 0.138. The molecule has 1 atom stereocenters. The molecule has 4 aromatic carbocycles. The Labute approximate surface area is 216 Å². The van der Waals surface area contributed by atoms with E-state index in [4.69, 9.17) is 9.47 Å². The summed E-state index contributed by atoms with van der Waals surface area (Å²) in [6.07, 6.45) is -0.291. The van der Waals surface area contributed by atoms with Crippen LogP contribution in [0.15, 0.2) is 114 Å². The van der Waals surface area contributed by atoms with Crippen molar-refractivity contribution in [1.82, 2.24) is 5.32 Å². The topological polar surface area (TPSA) is 84.9 Å². The normalized spacial score (nSPS) is 14.5. The zero-order valence-corrected chi connectivity index (χ0v) is 20.8. The first-order valence-electron chi connectivity index (χ1n) is 11.9. The van der Waals surface area contributed by atoms with E-state index < -0.39 is 10.0 Å². The smallest absolute Gasteiger partial charge is 0.264 e. The van der Waals surface area contributed by atoms with E-state index in [1.807, 2.05) is 30.3 Å². The summed E-state index contributed by atoms with van der Waals surface area (Å²) in [6, 6.07) is 31.6. The molecule has 37 heavy (non-hydrogen) atoms. The summed E-state index contributed by atoms with van der Waals surface area (Å²) in [5, 5.41) is 2.88. The maximum atomic E-state index is 13.5. The molecule has 5 rings (SSSR count). The number of fused-ring (bicyclic) bond motifs is 1. The molecule has 0 aliphatic carbocycles. The van der Waals surface area contributed by atoms with E-state index in [-0.39, 0.29) is 23.5 Å². The minimum Gasteiger partial charge on any atom is -0.486 e. The lowest BCUT2D eigenvalue weighted by atomic mass is 10.1. The van der Waals surface area contributed by atoms with Crippen molar-refractivity contribution >= 4 is 21.6 Å². The minimum absolute atomic E-state index is 0.121. The van der Waals surface area contributed by atoms with Gasteiger partial charge in [-0.05, 0) is 54.1 Å². The van der Waals surface area contributed by atoms with Crippen LogP contribution in [0.1, 0.15) is 15.9 Å². The summed E-state index contributed by atoms with van der Waals surface area (Å²) in [4.78, 5) is 12.9. The number of carbonyl (C=O) groups is 1. The molecule has 0 fully saturated rings. The highest BCUT2D eigenvalue weighted by Gasteiger charge is 2.25. The molecule has 0 radical (unpaired) electrons. The Bertz CT molecular complexity index is 1460. The van der Waals surface area contributed by atoms with Gasteiger partial charge in [0, 0.05) is 5.56 Å². The van der Waals surface area contributed by atoms with Crippen LogP contribution in [-0.4, -0.2) is 33.6 Å². The van der Waals surface area contributed by atoms with E-state index in [1.165, 1.54) is 4.31 Å². The van der Waals surface area contributed by atoms with Gasteiger partial charge in [-0.1, -0.05) is 60.7 Å². The van der Waals surface area contributed by atoms with Gasteiger partial charge in [0.1, 0.15) is 12.7 Å². The summed E-state index contributed by atoms with van der Waals surface area (Å²) in [5.74, 6) is 1.11. The lowest BCUT2D eigenvalue weighted by Gasteiger charge is -2.26. The Balaban J connectivity index is 1.26. The van der Waals surface area contributed by atoms with Gasteiger partial charge < -0.3 is 14.8 Å². The molecule has 0 bridgehead atoms. The number of nitrogens with zero attached hydrogens (tertiary/aromatic N) is 1. The van der Waals surface area contributed by atoms with E-state index in [9.17, 15) is 13.2 Å². The number of rotatable bonds is 8. The zero-order chi connectivity index (χ0) is 25.7. The summed E-state index contributed by atoms with van der Waals surface area (Å²) in [6.45, 7) is 0.767. The van der Waals surface area contributed by atoms with Gasteiger partial charge in [0.25, 0.3) is 15.9 Å². The van der Waals surface area contributed by atoms with Crippen LogP contribution in [0.5, 0.6) is 11.5 Å². The molecule has 1 aliphatic rings. The Kier molecular flexibility index (Phi) is 7.09. The molecule has 0 saturated carbocycles. The van der Waals surface area contributed by atoms with Crippen molar-refractivity contribution < 1.29 is 22.7 Å². The quantitative estimate of drug-likeness (QED) is 0.370. The predicted octanol–water partition coefficient (Wildman–Crippen LogP) is 4.65. The molecule has 8 heteroatoms. The lowest BCUT2D eigenvalue weighted by molar-refractivity contribution is 0.0789. The number of hydrogen-bond acceptors (Lipinski definition) is 5. The van der Waals surface area contributed by atoms with E-state index in [1.54, 1.807) is 78.9 Å². The fourth-order valence-electron chi connectivity index (χ4n) is 4.03. The van der Waals surface area contributed by atoms with Crippen molar-refractivity contribution in [3.05, 3.63) is 120 Å². The second-order valence-electron chi connectivity index (χ2n) is 8.56. The molecule has 1 heterocycles. The van der Waals surface area contributed by atoms with Crippen molar-refractivity contribution in [3.8, 4) is 11.5 Å². The Morgan fingerprint density at radius 3 is 2.14 bits per heavy atom. The van der Waals surface area contributed by atoms with Crippen LogP contribution in [-0.2, 0) is 16.6 Å². The average molecular weight is 515 g/mol. The number of ether oxygens (including phenoxy) is 2. The molecule has 1 N–H and O–H groups in total. The molecule has 7 nitrogen and oxygen atoms in total. The highest BCUT2D eigenvalue weighted by Crippen LogP contribution is 2.30. The first kappa shape index (κ1) is 24.4. The van der Waals surface area contributed by atoms with Gasteiger partial charge in [0.15, 0.2) is 11.5 Å². The zero-order valence-electron chi connectivity index (χ0n) is 20.0. The van der Waals surface area contributed by atoms with Crippen LogP contribution in [0.2, 0.25) is 0 Å². The number of carbonyl (C=O) groups excluding carboxylic acids is 1. The van der Waals surface area contributed by atoms with Crippen molar-refractivity contribution in [3.63, 3.8) is 0 Å². The Morgan fingerprint density at radius 2 is 1.43 bits per heavy atom. The Morgan fingerprint density at radius 1 is 0.811 bits per heavy atom. The summed E-state index contributed by atoms with van der Waals surface area (Å²) < 4.78 is 39.9. The van der Waals surface area contributed by atoms with Crippen molar-refractivity contribution in [2.45, 2.75) is 17.5 Å². The van der Waals surface area contributed by atoms with Crippen LogP contribution >= 0.6 is 0 Å². The maximum absolute atomic E-state index is 13.5. The van der Waals surface area contributed by atoms with E-state index in [2.05, 4.69) is 5.32 Å². The molecule has 0 saturated heterocycles. The summed E-state index contributed by atoms with van der Waals surface area (Å²) in [7, 11) is -3.79. The van der Waals surface area contributed by atoms with Gasteiger partial charge in [-0.3, -0.25) is 9.10 Å². The molecule has 4 aromatic rings. The SMILES string of the molecule is O=C(NCC1COc2ccccc2O1)c1ccc(CN(c2ccccc2)S(=O)(=O)c2ccccc2)cc1. The molecule has 0 spiro atoms. The number of amides is 1. The second-order valence-corrected chi connectivity index (χ2v) is 10.4. The Hall–Kier alpha value is -4.30. The van der Waals surface area contributed by atoms with Crippen molar-refractivity contribution in [1.29, 1.82) is 0 Å². The third-order valence-corrected chi connectivity index (χ3v) is 7.76. The molecular formula is C29H26N2O5S. The van der Waals surface area contributed by atoms with Gasteiger partial charge in [-0.15, -0.1) is 0 Å². The summed E-state index contributed by atoms with van der Waals surface area (Å²) in [5.41, 5.74) is 1.78. The van der Waals surface area contributed by atoms with Crippen LogP contribution in [0.3, 0.4) is 0 Å². The number of benzene rings is 4. The summed E-state index contributed by atoms with van der Waals surface area (Å²) >= 11 is 0. The number of sulfonamides is 1. The standard InChI is InChI=1S/C29H26N2O5S/c32-29(30-19-25-21-35-27-13-7-8-14-28(27)36-25)23-17-15-22(16-18-23)20-31(24-9-3-1-4-10-24)37(33,34)26-11-5-2-6-12-26/h1-18,25H,19-21H2,(H,30,32). The first-order valence-corrected chi connectivity index (χ1v) is 13.3. The molecule has 1 aliphatic heterocycles. The average Bonchev–Trinajstić information content (AvgIpc) is 2.95. The van der Waals surface area contributed by atoms with Gasteiger partial charge in [-0.25, -0.2) is 8.42 Å². The third kappa shape index (κ3) is 5.59. The molecular weight excluding hydrogens is 488 g/mol. The van der Waals surface area contributed by atoms with Gasteiger partial charge in [-0.2, -0.15) is 0 Å². The van der Waals surface area contributed by atoms with E-state index >= 15 is 0 Å². The molecule has 0 aromatic heterocycles. The fourth-order valence-corrected chi connectivity index (χ4v) is 5.50. The second kappa shape index (κ2) is 10.8. The van der Waals surface area contributed by atoms with E-state index in [0.29, 0.717) is 35.9 Å². The minimum atomic E-state index is -3.79. The van der Waals surface area contributed by atoms with Crippen molar-refractivity contribution in [2.24, 2.45) is 0 Å². The predicted molar refractivity (Wildman–Crippen MR) is 141 cm³/mol. The first-order chi connectivity index (χ1) is 18.0. The van der Waals surface area contributed by atoms with Gasteiger partial charge in [0.2, 0.25) is 0 Å². The van der Waals surface area contributed by atoms with Crippen LogP contribution < -0.4 is 19.1 Å². The highest BCUT2D eigenvalue weighted by atomic mass is 32.2. The largest absolute Gasteiger partial charge is 0.486 e. The van der Waals surface area contributed by atoms with Gasteiger partial charge >= 0.3 is 0 Å². The maximum Gasteiger partial charge on any atom is 0.264 e. The number of nitrogens with one attached hydrogen (secondary N) is 1. The molecule has 1 amide bonds. The van der Waals surface area contributed by atoms with Crippen LogP contribution in [0, 0.1) is 0 Å². The molecule has 1 unspecified atom stereocenters.